The first-order valence-corrected chi connectivity index (χ1v) is 5.79. The number of hydrogen-bond acceptors (Lipinski definition) is 2. The van der Waals surface area contributed by atoms with Gasteiger partial charge in [-0.2, -0.15) is 0 Å². The van der Waals surface area contributed by atoms with Gasteiger partial charge in [-0.25, -0.2) is 0 Å². The Balaban J connectivity index is 2.52. The standard InChI is InChI=1S/C13H20N2O/c1-3-4-8-13(16)15-12-7-5-6-11(9-12)10-14-2/h5-7,9,14H,3-4,8,10H2,1-2H3,(H,15,16). The molecule has 0 atom stereocenters. The molecule has 1 amide bonds. The van der Waals surface area contributed by atoms with Crippen molar-refractivity contribution in [1.82, 2.24) is 5.32 Å². The average Bonchev–Trinajstić information content (AvgIpc) is 2.27. The first-order chi connectivity index (χ1) is 7.76. The van der Waals surface area contributed by atoms with E-state index >= 15 is 0 Å². The van der Waals surface area contributed by atoms with Crippen LogP contribution in [0.5, 0.6) is 0 Å². The molecule has 0 aliphatic heterocycles. The molecule has 0 spiro atoms. The van der Waals surface area contributed by atoms with Crippen LogP contribution in [0.25, 0.3) is 0 Å². The van der Waals surface area contributed by atoms with Crippen molar-refractivity contribution in [3.63, 3.8) is 0 Å². The molecule has 0 bridgehead atoms. The van der Waals surface area contributed by atoms with Crippen molar-refractivity contribution in [3.8, 4) is 0 Å². The fourth-order valence-corrected chi connectivity index (χ4v) is 1.52. The third kappa shape index (κ3) is 4.45. The third-order valence-corrected chi connectivity index (χ3v) is 2.35. The summed E-state index contributed by atoms with van der Waals surface area (Å²) in [5.41, 5.74) is 2.06. The Kier molecular flexibility index (Phi) is 5.57. The van der Waals surface area contributed by atoms with Crippen molar-refractivity contribution < 1.29 is 4.79 Å². The Bertz CT molecular complexity index is 336. The maximum Gasteiger partial charge on any atom is 0.224 e. The maximum atomic E-state index is 11.5. The molecule has 2 N–H and O–H groups in total. The first kappa shape index (κ1) is 12.7. The van der Waals surface area contributed by atoms with E-state index in [-0.39, 0.29) is 5.91 Å². The number of anilines is 1. The van der Waals surface area contributed by atoms with Crippen molar-refractivity contribution >= 4 is 11.6 Å². The Hall–Kier alpha value is -1.35. The van der Waals surface area contributed by atoms with Gasteiger partial charge in [-0.1, -0.05) is 25.5 Å². The number of hydrogen-bond donors (Lipinski definition) is 2. The summed E-state index contributed by atoms with van der Waals surface area (Å²) in [6.45, 7) is 2.90. The summed E-state index contributed by atoms with van der Waals surface area (Å²) in [7, 11) is 1.91. The van der Waals surface area contributed by atoms with Gasteiger partial charge in [0.1, 0.15) is 0 Å². The number of carbonyl (C=O) groups excluding carboxylic acids is 1. The van der Waals surface area contributed by atoms with Crippen LogP contribution in [0, 0.1) is 0 Å². The fraction of sp³-hybridized carbons (Fsp3) is 0.462. The van der Waals surface area contributed by atoms with E-state index in [9.17, 15) is 4.79 Å². The number of benzene rings is 1. The summed E-state index contributed by atoms with van der Waals surface area (Å²) in [5.74, 6) is 0.100. The third-order valence-electron chi connectivity index (χ3n) is 2.35. The molecule has 3 heteroatoms. The topological polar surface area (TPSA) is 41.1 Å². The van der Waals surface area contributed by atoms with Crippen LogP contribution < -0.4 is 10.6 Å². The Morgan fingerprint density at radius 1 is 1.38 bits per heavy atom. The van der Waals surface area contributed by atoms with Gasteiger partial charge in [0, 0.05) is 18.7 Å². The Labute approximate surface area is 97.2 Å². The Morgan fingerprint density at radius 3 is 2.88 bits per heavy atom. The molecule has 1 aromatic carbocycles. The first-order valence-electron chi connectivity index (χ1n) is 5.79. The largest absolute Gasteiger partial charge is 0.326 e. The van der Waals surface area contributed by atoms with Crippen LogP contribution in [0.2, 0.25) is 0 Å². The number of carbonyl (C=O) groups is 1. The molecule has 0 heterocycles. The minimum atomic E-state index is 0.100. The van der Waals surface area contributed by atoms with Crippen molar-refractivity contribution in [3.05, 3.63) is 29.8 Å². The lowest BCUT2D eigenvalue weighted by molar-refractivity contribution is -0.116. The summed E-state index contributed by atoms with van der Waals surface area (Å²) < 4.78 is 0. The van der Waals surface area contributed by atoms with E-state index in [1.54, 1.807) is 0 Å². The molecule has 0 aromatic heterocycles. The highest BCUT2D eigenvalue weighted by molar-refractivity contribution is 5.90. The highest BCUT2D eigenvalue weighted by Gasteiger charge is 2.01. The normalized spacial score (nSPS) is 10.1. The quantitative estimate of drug-likeness (QED) is 0.773. The van der Waals surface area contributed by atoms with Gasteiger partial charge in [0.2, 0.25) is 5.91 Å². The average molecular weight is 220 g/mol. The molecular weight excluding hydrogens is 200 g/mol. The lowest BCUT2D eigenvalue weighted by atomic mass is 10.2. The van der Waals surface area contributed by atoms with Gasteiger partial charge in [0.25, 0.3) is 0 Å². The lowest BCUT2D eigenvalue weighted by Crippen LogP contribution is -2.11. The molecule has 0 saturated carbocycles. The number of amides is 1. The number of nitrogens with one attached hydrogen (secondary N) is 2. The predicted molar refractivity (Wildman–Crippen MR) is 67.4 cm³/mol. The van der Waals surface area contributed by atoms with E-state index in [1.807, 2.05) is 31.3 Å². The molecule has 3 nitrogen and oxygen atoms in total. The minimum Gasteiger partial charge on any atom is -0.326 e. The smallest absolute Gasteiger partial charge is 0.224 e. The summed E-state index contributed by atoms with van der Waals surface area (Å²) in [6, 6.07) is 7.92. The van der Waals surface area contributed by atoms with Crippen molar-refractivity contribution in [2.75, 3.05) is 12.4 Å². The van der Waals surface area contributed by atoms with E-state index < -0.39 is 0 Å². The van der Waals surface area contributed by atoms with E-state index in [0.29, 0.717) is 6.42 Å². The van der Waals surface area contributed by atoms with E-state index in [1.165, 1.54) is 5.56 Å². The second-order valence-corrected chi connectivity index (χ2v) is 3.88. The van der Waals surface area contributed by atoms with Crippen molar-refractivity contribution in [2.45, 2.75) is 32.7 Å². The molecule has 16 heavy (non-hydrogen) atoms. The molecule has 0 unspecified atom stereocenters. The highest BCUT2D eigenvalue weighted by atomic mass is 16.1. The van der Waals surface area contributed by atoms with E-state index in [0.717, 1.165) is 25.1 Å². The minimum absolute atomic E-state index is 0.100. The van der Waals surface area contributed by atoms with Crippen LogP contribution in [0.1, 0.15) is 31.7 Å². The SMILES string of the molecule is CCCCC(=O)Nc1cccc(CNC)c1. The van der Waals surface area contributed by atoms with Gasteiger partial charge in [0.05, 0.1) is 0 Å². The summed E-state index contributed by atoms with van der Waals surface area (Å²) >= 11 is 0. The van der Waals surface area contributed by atoms with Crippen molar-refractivity contribution in [1.29, 1.82) is 0 Å². The molecule has 1 aromatic rings. The van der Waals surface area contributed by atoms with Gasteiger partial charge >= 0.3 is 0 Å². The van der Waals surface area contributed by atoms with Gasteiger partial charge < -0.3 is 10.6 Å². The van der Waals surface area contributed by atoms with Gasteiger partial charge in [0.15, 0.2) is 0 Å². The van der Waals surface area contributed by atoms with E-state index in [4.69, 9.17) is 0 Å². The molecule has 0 aliphatic carbocycles. The van der Waals surface area contributed by atoms with Crippen LogP contribution in [0.3, 0.4) is 0 Å². The van der Waals surface area contributed by atoms with Crippen LogP contribution in [0.15, 0.2) is 24.3 Å². The lowest BCUT2D eigenvalue weighted by Gasteiger charge is -2.06. The molecular formula is C13H20N2O. The monoisotopic (exact) mass is 220 g/mol. The summed E-state index contributed by atoms with van der Waals surface area (Å²) in [6.07, 6.45) is 2.60. The zero-order valence-electron chi connectivity index (χ0n) is 10.0. The van der Waals surface area contributed by atoms with Gasteiger partial charge in [-0.15, -0.1) is 0 Å². The zero-order chi connectivity index (χ0) is 11.8. The summed E-state index contributed by atoms with van der Waals surface area (Å²) in [4.78, 5) is 11.5. The number of rotatable bonds is 6. The van der Waals surface area contributed by atoms with Crippen LogP contribution in [-0.4, -0.2) is 13.0 Å². The van der Waals surface area contributed by atoms with Gasteiger partial charge in [-0.3, -0.25) is 4.79 Å². The zero-order valence-corrected chi connectivity index (χ0v) is 10.0. The van der Waals surface area contributed by atoms with Crippen molar-refractivity contribution in [2.24, 2.45) is 0 Å². The van der Waals surface area contributed by atoms with Crippen LogP contribution >= 0.6 is 0 Å². The molecule has 0 saturated heterocycles. The maximum absolute atomic E-state index is 11.5. The Morgan fingerprint density at radius 2 is 2.19 bits per heavy atom. The van der Waals surface area contributed by atoms with Crippen LogP contribution in [-0.2, 0) is 11.3 Å². The highest BCUT2D eigenvalue weighted by Crippen LogP contribution is 2.11. The predicted octanol–water partition coefficient (Wildman–Crippen LogP) is 2.53. The van der Waals surface area contributed by atoms with Crippen LogP contribution in [0.4, 0.5) is 5.69 Å². The number of unbranched alkanes of at least 4 members (excludes halogenated alkanes) is 1. The molecule has 1 rings (SSSR count). The molecule has 88 valence electrons. The molecule has 0 radical (unpaired) electrons. The van der Waals surface area contributed by atoms with E-state index in [2.05, 4.69) is 17.6 Å². The summed E-state index contributed by atoms with van der Waals surface area (Å²) in [5, 5.41) is 5.99. The molecule has 0 fully saturated rings. The molecule has 0 aliphatic rings. The second-order valence-electron chi connectivity index (χ2n) is 3.88. The second kappa shape index (κ2) is 7.01. The fourth-order valence-electron chi connectivity index (χ4n) is 1.52. The van der Waals surface area contributed by atoms with Gasteiger partial charge in [-0.05, 0) is 31.2 Å².